The van der Waals surface area contributed by atoms with Gasteiger partial charge in [-0.05, 0) is 35.9 Å². The summed E-state index contributed by atoms with van der Waals surface area (Å²) in [7, 11) is 0. The Bertz CT molecular complexity index is 964. The predicted molar refractivity (Wildman–Crippen MR) is 85.5 cm³/mol. The number of nitriles is 1. The van der Waals surface area contributed by atoms with E-state index in [1.807, 2.05) is 30.3 Å². The Labute approximate surface area is 136 Å². The highest BCUT2D eigenvalue weighted by molar-refractivity contribution is 6.31. The molecule has 0 saturated heterocycles. The number of hydrogen-bond donors (Lipinski definition) is 1. The fourth-order valence-corrected chi connectivity index (χ4v) is 2.50. The first kappa shape index (κ1) is 14.9. The zero-order valence-corrected chi connectivity index (χ0v) is 12.6. The normalized spacial score (nSPS) is 10.4. The third-order valence-electron chi connectivity index (χ3n) is 3.34. The summed E-state index contributed by atoms with van der Waals surface area (Å²) < 4.78 is 0. The molecule has 0 radical (unpaired) electrons. The van der Waals surface area contributed by atoms with E-state index in [0.29, 0.717) is 17.1 Å². The lowest BCUT2D eigenvalue weighted by atomic mass is 10.0. The molecule has 2 heterocycles. The Kier molecular flexibility index (Phi) is 3.92. The number of benzene rings is 1. The summed E-state index contributed by atoms with van der Waals surface area (Å²) in [5.74, 6) is -1.08. The fourth-order valence-electron chi connectivity index (χ4n) is 2.33. The number of nitrogens with zero attached hydrogens (tertiary/aromatic N) is 3. The van der Waals surface area contributed by atoms with Crippen LogP contribution < -0.4 is 0 Å². The van der Waals surface area contributed by atoms with E-state index >= 15 is 0 Å². The summed E-state index contributed by atoms with van der Waals surface area (Å²) in [6.07, 6.45) is 2.00. The van der Waals surface area contributed by atoms with Crippen LogP contribution in [0.3, 0.4) is 0 Å². The molecule has 2 aromatic heterocycles. The molecule has 23 heavy (non-hydrogen) atoms. The van der Waals surface area contributed by atoms with E-state index in [9.17, 15) is 4.79 Å². The number of fused-ring (bicyclic) bond motifs is 1. The largest absolute Gasteiger partial charge is 0.478 e. The van der Waals surface area contributed by atoms with E-state index in [1.54, 1.807) is 6.20 Å². The molecule has 0 spiro atoms. The number of hydrogen-bond acceptors (Lipinski definition) is 4. The number of carboxylic acids is 1. The predicted octanol–water partition coefficient (Wildman–Crippen LogP) is 3.44. The maximum absolute atomic E-state index is 11.1. The number of aromatic nitrogens is 2. The van der Waals surface area contributed by atoms with E-state index < -0.39 is 5.97 Å². The van der Waals surface area contributed by atoms with Crippen LogP contribution in [0.5, 0.6) is 0 Å². The quantitative estimate of drug-likeness (QED) is 0.797. The van der Waals surface area contributed by atoms with Gasteiger partial charge in [0.05, 0.1) is 16.1 Å². The molecule has 0 amide bonds. The van der Waals surface area contributed by atoms with Crippen molar-refractivity contribution in [3.63, 3.8) is 0 Å². The van der Waals surface area contributed by atoms with Crippen LogP contribution in [0.2, 0.25) is 5.02 Å². The zero-order chi connectivity index (χ0) is 16.4. The SMILES string of the molecule is N#Cc1cc(C(=O)O)cc(Cc2ccc3ncc(Cl)cc3c2)n1. The van der Waals surface area contributed by atoms with Crippen LogP contribution in [-0.4, -0.2) is 21.0 Å². The average molecular weight is 324 g/mol. The maximum atomic E-state index is 11.1. The van der Waals surface area contributed by atoms with Crippen molar-refractivity contribution in [1.82, 2.24) is 9.97 Å². The second-order valence-electron chi connectivity index (χ2n) is 5.01. The number of rotatable bonds is 3. The van der Waals surface area contributed by atoms with E-state index in [2.05, 4.69) is 9.97 Å². The topological polar surface area (TPSA) is 86.9 Å². The van der Waals surface area contributed by atoms with Gasteiger partial charge in [0, 0.05) is 23.7 Å². The van der Waals surface area contributed by atoms with Crippen LogP contribution in [0.4, 0.5) is 0 Å². The van der Waals surface area contributed by atoms with Gasteiger partial charge in [0.15, 0.2) is 0 Å². The highest BCUT2D eigenvalue weighted by Gasteiger charge is 2.09. The molecule has 1 aromatic carbocycles. The average Bonchev–Trinajstić information content (AvgIpc) is 2.54. The number of carbonyl (C=O) groups is 1. The van der Waals surface area contributed by atoms with Crippen LogP contribution >= 0.6 is 11.6 Å². The van der Waals surface area contributed by atoms with Crippen molar-refractivity contribution in [2.45, 2.75) is 6.42 Å². The molecule has 0 unspecified atom stereocenters. The van der Waals surface area contributed by atoms with Gasteiger partial charge in [0.25, 0.3) is 0 Å². The molecule has 0 aliphatic carbocycles. The van der Waals surface area contributed by atoms with Gasteiger partial charge in [0.1, 0.15) is 11.8 Å². The Hall–Kier alpha value is -2.97. The second kappa shape index (κ2) is 6.03. The first-order valence-electron chi connectivity index (χ1n) is 6.74. The molecule has 0 aliphatic rings. The highest BCUT2D eigenvalue weighted by Crippen LogP contribution is 2.20. The first-order chi connectivity index (χ1) is 11.0. The minimum atomic E-state index is -1.08. The Morgan fingerprint density at radius 2 is 2.09 bits per heavy atom. The molecule has 112 valence electrons. The Balaban J connectivity index is 2.00. The summed E-state index contributed by atoms with van der Waals surface area (Å²) >= 11 is 5.95. The lowest BCUT2D eigenvalue weighted by Gasteiger charge is -2.05. The van der Waals surface area contributed by atoms with Crippen LogP contribution in [0.1, 0.15) is 27.3 Å². The molecule has 6 heteroatoms. The van der Waals surface area contributed by atoms with E-state index in [4.69, 9.17) is 22.0 Å². The van der Waals surface area contributed by atoms with Gasteiger partial charge in [-0.15, -0.1) is 0 Å². The minimum absolute atomic E-state index is 0.0528. The fraction of sp³-hybridized carbons (Fsp3) is 0.0588. The maximum Gasteiger partial charge on any atom is 0.335 e. The molecule has 0 fully saturated rings. The molecule has 5 nitrogen and oxygen atoms in total. The van der Waals surface area contributed by atoms with Crippen molar-refractivity contribution in [2.24, 2.45) is 0 Å². The molecule has 0 bridgehead atoms. The van der Waals surface area contributed by atoms with Gasteiger partial charge in [-0.2, -0.15) is 5.26 Å². The zero-order valence-electron chi connectivity index (χ0n) is 11.8. The summed E-state index contributed by atoms with van der Waals surface area (Å²) in [5.41, 5.74) is 2.42. The van der Waals surface area contributed by atoms with Crippen molar-refractivity contribution in [3.05, 3.63) is 70.1 Å². The molecular weight excluding hydrogens is 314 g/mol. The summed E-state index contributed by atoms with van der Waals surface area (Å²) in [5, 5.41) is 19.5. The Morgan fingerprint density at radius 3 is 2.83 bits per heavy atom. The van der Waals surface area contributed by atoms with E-state index in [1.165, 1.54) is 12.1 Å². The Morgan fingerprint density at radius 1 is 1.26 bits per heavy atom. The molecule has 0 aliphatic heterocycles. The number of aromatic carboxylic acids is 1. The lowest BCUT2D eigenvalue weighted by molar-refractivity contribution is 0.0696. The van der Waals surface area contributed by atoms with Gasteiger partial charge in [-0.1, -0.05) is 17.7 Å². The van der Waals surface area contributed by atoms with Gasteiger partial charge >= 0.3 is 5.97 Å². The van der Waals surface area contributed by atoms with Crippen molar-refractivity contribution in [2.75, 3.05) is 0 Å². The van der Waals surface area contributed by atoms with Crippen LogP contribution in [0.15, 0.2) is 42.6 Å². The standard InChI is InChI=1S/C17H10ClN3O2/c18-13-5-11-3-10(1-2-16(11)20-9-13)4-14-6-12(17(22)23)7-15(8-19)21-14/h1-3,5-7,9H,4H2,(H,22,23). The van der Waals surface area contributed by atoms with Crippen molar-refractivity contribution in [1.29, 1.82) is 5.26 Å². The molecule has 3 rings (SSSR count). The molecule has 0 saturated carbocycles. The van der Waals surface area contributed by atoms with E-state index in [-0.39, 0.29) is 11.3 Å². The van der Waals surface area contributed by atoms with E-state index in [0.717, 1.165) is 16.5 Å². The summed E-state index contributed by atoms with van der Waals surface area (Å²) in [6, 6.07) is 12.1. The molecule has 1 N–H and O–H groups in total. The monoisotopic (exact) mass is 323 g/mol. The number of carboxylic acid groups (broad SMARTS) is 1. The van der Waals surface area contributed by atoms with Crippen molar-refractivity contribution >= 4 is 28.5 Å². The minimum Gasteiger partial charge on any atom is -0.478 e. The molecular formula is C17H10ClN3O2. The summed E-state index contributed by atoms with van der Waals surface area (Å²) in [6.45, 7) is 0. The molecule has 3 aromatic rings. The van der Waals surface area contributed by atoms with Crippen LogP contribution in [0, 0.1) is 11.3 Å². The lowest BCUT2D eigenvalue weighted by Crippen LogP contribution is -2.02. The van der Waals surface area contributed by atoms with Gasteiger partial charge < -0.3 is 5.11 Å². The third kappa shape index (κ3) is 3.28. The van der Waals surface area contributed by atoms with Crippen LogP contribution in [-0.2, 0) is 6.42 Å². The van der Waals surface area contributed by atoms with Crippen molar-refractivity contribution < 1.29 is 9.90 Å². The van der Waals surface area contributed by atoms with Gasteiger partial charge in [-0.25, -0.2) is 9.78 Å². The summed E-state index contributed by atoms with van der Waals surface area (Å²) in [4.78, 5) is 19.5. The second-order valence-corrected chi connectivity index (χ2v) is 5.44. The molecule has 0 atom stereocenters. The van der Waals surface area contributed by atoms with Gasteiger partial charge in [0.2, 0.25) is 0 Å². The highest BCUT2D eigenvalue weighted by atomic mass is 35.5. The third-order valence-corrected chi connectivity index (χ3v) is 3.54. The first-order valence-corrected chi connectivity index (χ1v) is 7.11. The van der Waals surface area contributed by atoms with Crippen molar-refractivity contribution in [3.8, 4) is 6.07 Å². The van der Waals surface area contributed by atoms with Crippen LogP contribution in [0.25, 0.3) is 10.9 Å². The smallest absolute Gasteiger partial charge is 0.335 e. The number of pyridine rings is 2. The number of halogens is 1. The van der Waals surface area contributed by atoms with Gasteiger partial charge in [-0.3, -0.25) is 4.98 Å².